The van der Waals surface area contributed by atoms with Gasteiger partial charge in [-0.15, -0.1) is 0 Å². The van der Waals surface area contributed by atoms with Crippen molar-refractivity contribution in [3.63, 3.8) is 0 Å². The summed E-state index contributed by atoms with van der Waals surface area (Å²) in [6.45, 7) is 7.52. The number of fused-ring (bicyclic) bond motifs is 1. The Labute approximate surface area is 154 Å². The fraction of sp³-hybridized carbons (Fsp3) is 0.524. The lowest BCUT2D eigenvalue weighted by Crippen LogP contribution is -2.38. The van der Waals surface area contributed by atoms with Crippen LogP contribution >= 0.6 is 0 Å². The van der Waals surface area contributed by atoms with E-state index in [2.05, 4.69) is 13.5 Å². The van der Waals surface area contributed by atoms with Gasteiger partial charge in [-0.25, -0.2) is 0 Å². The van der Waals surface area contributed by atoms with Crippen molar-refractivity contribution in [1.29, 1.82) is 0 Å². The molecule has 1 aromatic carbocycles. The molecule has 2 fully saturated rings. The SMILES string of the molecule is C=COC(=O)[C@H]1[C@H]2[C@@H]1[C@](C[C@H](C)c1ccccc1)(C(=O)OCC)C[C@@H]2O. The first-order chi connectivity index (χ1) is 12.5. The first-order valence-corrected chi connectivity index (χ1v) is 9.18. The fourth-order valence-corrected chi connectivity index (χ4v) is 4.88. The van der Waals surface area contributed by atoms with Gasteiger partial charge in [0.15, 0.2) is 0 Å². The van der Waals surface area contributed by atoms with E-state index < -0.39 is 23.4 Å². The van der Waals surface area contributed by atoms with E-state index in [1.165, 1.54) is 0 Å². The van der Waals surface area contributed by atoms with Crippen LogP contribution in [0.1, 0.15) is 38.2 Å². The molecule has 26 heavy (non-hydrogen) atoms. The second-order valence-electron chi connectivity index (χ2n) is 7.40. The van der Waals surface area contributed by atoms with Crippen LogP contribution in [0, 0.1) is 23.2 Å². The van der Waals surface area contributed by atoms with E-state index in [0.29, 0.717) is 12.8 Å². The molecular formula is C21H26O5. The Kier molecular flexibility index (Phi) is 5.19. The lowest BCUT2D eigenvalue weighted by molar-refractivity contribution is -0.159. The van der Waals surface area contributed by atoms with Crippen LogP contribution in [0.2, 0.25) is 0 Å². The molecule has 0 aromatic heterocycles. The van der Waals surface area contributed by atoms with Gasteiger partial charge in [0.05, 0.1) is 30.3 Å². The summed E-state index contributed by atoms with van der Waals surface area (Å²) in [4.78, 5) is 25.2. The molecule has 1 aromatic rings. The highest BCUT2D eigenvalue weighted by Crippen LogP contribution is 2.69. The predicted molar refractivity (Wildman–Crippen MR) is 95.9 cm³/mol. The van der Waals surface area contributed by atoms with E-state index in [0.717, 1.165) is 11.8 Å². The van der Waals surface area contributed by atoms with Crippen LogP contribution in [0.15, 0.2) is 43.2 Å². The number of rotatable bonds is 7. The molecule has 0 amide bonds. The smallest absolute Gasteiger partial charge is 0.314 e. The third-order valence-electron chi connectivity index (χ3n) is 5.92. The Balaban J connectivity index is 1.89. The maximum Gasteiger partial charge on any atom is 0.314 e. The Hall–Kier alpha value is -2.14. The summed E-state index contributed by atoms with van der Waals surface area (Å²) in [6, 6.07) is 9.95. The molecular weight excluding hydrogens is 332 g/mol. The monoisotopic (exact) mass is 358 g/mol. The van der Waals surface area contributed by atoms with Crippen LogP contribution in [-0.2, 0) is 19.1 Å². The van der Waals surface area contributed by atoms with Crippen molar-refractivity contribution in [2.45, 2.75) is 38.7 Å². The van der Waals surface area contributed by atoms with Gasteiger partial charge in [0, 0.05) is 5.92 Å². The van der Waals surface area contributed by atoms with E-state index in [4.69, 9.17) is 9.47 Å². The molecule has 0 aliphatic heterocycles. The summed E-state index contributed by atoms with van der Waals surface area (Å²) in [7, 11) is 0. The first-order valence-electron chi connectivity index (χ1n) is 9.18. The molecule has 5 heteroatoms. The van der Waals surface area contributed by atoms with Crippen molar-refractivity contribution in [2.75, 3.05) is 6.61 Å². The average molecular weight is 358 g/mol. The Bertz CT molecular complexity index is 685. The summed E-state index contributed by atoms with van der Waals surface area (Å²) in [5.41, 5.74) is 0.264. The largest absolute Gasteiger partial charge is 0.466 e. The minimum absolute atomic E-state index is 0.100. The maximum absolute atomic E-state index is 12.9. The van der Waals surface area contributed by atoms with Gasteiger partial charge in [0.2, 0.25) is 0 Å². The predicted octanol–water partition coefficient (Wildman–Crippen LogP) is 3.04. The number of hydrogen-bond donors (Lipinski definition) is 1. The zero-order chi connectivity index (χ0) is 18.9. The summed E-state index contributed by atoms with van der Waals surface area (Å²) in [6.07, 6.45) is 1.26. The van der Waals surface area contributed by atoms with Gasteiger partial charge in [-0.3, -0.25) is 9.59 Å². The van der Waals surface area contributed by atoms with Crippen molar-refractivity contribution in [3.05, 3.63) is 48.7 Å². The minimum atomic E-state index is -0.861. The number of aliphatic hydroxyl groups excluding tert-OH is 1. The lowest BCUT2D eigenvalue weighted by atomic mass is 9.72. The molecule has 2 saturated carbocycles. The number of esters is 2. The van der Waals surface area contributed by atoms with Crippen LogP contribution in [-0.4, -0.2) is 29.8 Å². The second-order valence-corrected chi connectivity index (χ2v) is 7.40. The Morgan fingerprint density at radius 1 is 1.38 bits per heavy atom. The van der Waals surface area contributed by atoms with E-state index >= 15 is 0 Å². The van der Waals surface area contributed by atoms with Crippen LogP contribution in [0.3, 0.4) is 0 Å². The van der Waals surface area contributed by atoms with Crippen molar-refractivity contribution < 1.29 is 24.2 Å². The number of carbonyl (C=O) groups is 2. The van der Waals surface area contributed by atoms with Gasteiger partial charge in [0.1, 0.15) is 0 Å². The second kappa shape index (κ2) is 7.23. The molecule has 0 radical (unpaired) electrons. The highest BCUT2D eigenvalue weighted by molar-refractivity contribution is 5.84. The van der Waals surface area contributed by atoms with Crippen molar-refractivity contribution in [3.8, 4) is 0 Å². The molecule has 1 N–H and O–H groups in total. The van der Waals surface area contributed by atoms with Gasteiger partial charge in [0.25, 0.3) is 0 Å². The molecule has 3 rings (SSSR count). The Morgan fingerprint density at radius 3 is 2.69 bits per heavy atom. The normalized spacial score (nSPS) is 33.0. The van der Waals surface area contributed by atoms with Crippen LogP contribution < -0.4 is 0 Å². The molecule has 2 aliphatic carbocycles. The number of aliphatic hydroxyl groups is 1. The summed E-state index contributed by atoms with van der Waals surface area (Å²) < 4.78 is 10.3. The van der Waals surface area contributed by atoms with Gasteiger partial charge < -0.3 is 14.6 Å². The number of benzene rings is 1. The molecule has 2 aliphatic rings. The van der Waals surface area contributed by atoms with Gasteiger partial charge in [-0.2, -0.15) is 0 Å². The molecule has 0 heterocycles. The summed E-state index contributed by atoms with van der Waals surface area (Å²) in [5, 5.41) is 10.5. The lowest BCUT2D eigenvalue weighted by Gasteiger charge is -2.33. The number of ether oxygens (including phenoxy) is 2. The van der Waals surface area contributed by atoms with Gasteiger partial charge >= 0.3 is 11.9 Å². The van der Waals surface area contributed by atoms with Crippen LogP contribution in [0.25, 0.3) is 0 Å². The fourth-order valence-electron chi connectivity index (χ4n) is 4.88. The summed E-state index contributed by atoms with van der Waals surface area (Å²) >= 11 is 0. The van der Waals surface area contributed by atoms with Gasteiger partial charge in [-0.05, 0) is 37.2 Å². The van der Waals surface area contributed by atoms with Crippen molar-refractivity contribution in [2.24, 2.45) is 23.2 Å². The average Bonchev–Trinajstić information content (AvgIpc) is 3.32. The standard InChI is InChI=1S/C21H26O5/c1-4-25-19(23)17-16-15(22)12-21(18(16)17,20(24)26-5-2)11-13(3)14-9-7-6-8-10-14/h4,6-10,13,15-18,22H,1,5,11-12H2,2-3H3/t13-,15-,16-,17-,18-,21+/m0/s1. The number of hydrogen-bond acceptors (Lipinski definition) is 5. The molecule has 6 atom stereocenters. The number of carbonyl (C=O) groups excluding carboxylic acids is 2. The molecule has 0 spiro atoms. The zero-order valence-electron chi connectivity index (χ0n) is 15.3. The van der Waals surface area contributed by atoms with E-state index in [9.17, 15) is 14.7 Å². The molecule has 0 unspecified atom stereocenters. The maximum atomic E-state index is 12.9. The highest BCUT2D eigenvalue weighted by Gasteiger charge is 2.75. The van der Waals surface area contributed by atoms with E-state index in [1.54, 1.807) is 6.92 Å². The van der Waals surface area contributed by atoms with Crippen molar-refractivity contribution >= 4 is 11.9 Å². The van der Waals surface area contributed by atoms with Crippen molar-refractivity contribution in [1.82, 2.24) is 0 Å². The third-order valence-corrected chi connectivity index (χ3v) is 5.92. The zero-order valence-corrected chi connectivity index (χ0v) is 15.3. The Morgan fingerprint density at radius 2 is 2.08 bits per heavy atom. The quantitative estimate of drug-likeness (QED) is 0.599. The molecule has 0 bridgehead atoms. The molecule has 140 valence electrons. The first kappa shape index (κ1) is 18.6. The van der Waals surface area contributed by atoms with Crippen LogP contribution in [0.5, 0.6) is 0 Å². The highest BCUT2D eigenvalue weighted by atomic mass is 16.5. The molecule has 0 saturated heterocycles. The molecule has 5 nitrogen and oxygen atoms in total. The third kappa shape index (κ3) is 3.05. The summed E-state index contributed by atoms with van der Waals surface area (Å²) in [5.74, 6) is -1.59. The van der Waals surface area contributed by atoms with Crippen LogP contribution in [0.4, 0.5) is 0 Å². The van der Waals surface area contributed by atoms with E-state index in [-0.39, 0.29) is 30.3 Å². The topological polar surface area (TPSA) is 72.8 Å². The van der Waals surface area contributed by atoms with Gasteiger partial charge in [-0.1, -0.05) is 43.8 Å². The van der Waals surface area contributed by atoms with E-state index in [1.807, 2.05) is 30.3 Å². The minimum Gasteiger partial charge on any atom is -0.466 e.